The zero-order valence-corrected chi connectivity index (χ0v) is 7.57. The number of carbonyl (C=O) groups is 2. The van der Waals surface area contributed by atoms with Crippen LogP contribution in [0.1, 0.15) is 16.9 Å². The average molecular weight is 195 g/mol. The number of pyridine rings is 1. The van der Waals surface area contributed by atoms with Crippen LogP contribution in [0, 0.1) is 0 Å². The van der Waals surface area contributed by atoms with Crippen molar-refractivity contribution in [1.29, 1.82) is 0 Å². The van der Waals surface area contributed by atoms with Crippen molar-refractivity contribution < 1.29 is 14.3 Å². The number of ether oxygens (including phenoxy) is 1. The summed E-state index contributed by atoms with van der Waals surface area (Å²) in [7, 11) is 1.20. The molecule has 0 aromatic carbocycles. The maximum Gasteiger partial charge on any atom is 0.313 e. The molecule has 0 saturated carbocycles. The van der Waals surface area contributed by atoms with Gasteiger partial charge in [0.05, 0.1) is 12.8 Å². The largest absolute Gasteiger partial charge is 0.469 e. The highest BCUT2D eigenvalue weighted by Crippen LogP contribution is 1.97. The standard InChI is InChI=1S/C9H9NO4/c1-14-9(13)5-8(12)7-4-6(11)2-3-10-7/h2-4H,5H2,1H3,(H,10,11). The number of hydrogen-bond acceptors (Lipinski definition) is 4. The van der Waals surface area contributed by atoms with Crippen LogP contribution in [0.25, 0.3) is 0 Å². The van der Waals surface area contributed by atoms with Crippen LogP contribution in [-0.2, 0) is 9.53 Å². The number of hydrogen-bond donors (Lipinski definition) is 1. The average Bonchev–Trinajstić information content (AvgIpc) is 2.17. The summed E-state index contributed by atoms with van der Waals surface area (Å²) in [4.78, 5) is 35.5. The van der Waals surface area contributed by atoms with Crippen LogP contribution < -0.4 is 5.43 Å². The van der Waals surface area contributed by atoms with Crippen molar-refractivity contribution in [1.82, 2.24) is 4.98 Å². The van der Waals surface area contributed by atoms with E-state index in [0.717, 1.165) is 6.07 Å². The van der Waals surface area contributed by atoms with Gasteiger partial charge in [0.25, 0.3) is 0 Å². The van der Waals surface area contributed by atoms with Gasteiger partial charge in [0.1, 0.15) is 6.42 Å². The lowest BCUT2D eigenvalue weighted by molar-refractivity contribution is -0.139. The van der Waals surface area contributed by atoms with E-state index in [1.165, 1.54) is 19.4 Å². The van der Waals surface area contributed by atoms with E-state index in [2.05, 4.69) is 9.72 Å². The lowest BCUT2D eigenvalue weighted by Crippen LogP contribution is -2.13. The first-order valence-corrected chi connectivity index (χ1v) is 3.92. The normalized spacial score (nSPS) is 9.50. The molecule has 0 spiro atoms. The van der Waals surface area contributed by atoms with E-state index in [4.69, 9.17) is 0 Å². The van der Waals surface area contributed by atoms with Gasteiger partial charge in [-0.2, -0.15) is 0 Å². The zero-order chi connectivity index (χ0) is 10.6. The summed E-state index contributed by atoms with van der Waals surface area (Å²) in [5.41, 5.74) is -0.167. The molecule has 74 valence electrons. The molecular formula is C9H9NO4. The quantitative estimate of drug-likeness (QED) is 0.422. The van der Waals surface area contributed by atoms with Gasteiger partial charge in [-0.15, -0.1) is 0 Å². The van der Waals surface area contributed by atoms with Crippen molar-refractivity contribution in [2.24, 2.45) is 0 Å². The minimum atomic E-state index is -0.625. The summed E-state index contributed by atoms with van der Waals surface area (Å²) < 4.78 is 4.32. The van der Waals surface area contributed by atoms with Gasteiger partial charge in [-0.05, 0) is 0 Å². The van der Waals surface area contributed by atoms with Gasteiger partial charge >= 0.3 is 5.97 Å². The van der Waals surface area contributed by atoms with Gasteiger partial charge in [-0.3, -0.25) is 14.4 Å². The van der Waals surface area contributed by atoms with Gasteiger partial charge in [0.15, 0.2) is 11.2 Å². The number of aromatic amines is 1. The number of H-pyrrole nitrogens is 1. The number of ketones is 1. The molecule has 0 amide bonds. The molecule has 1 N–H and O–H groups in total. The van der Waals surface area contributed by atoms with Crippen molar-refractivity contribution in [3.8, 4) is 0 Å². The lowest BCUT2D eigenvalue weighted by Gasteiger charge is -1.98. The third-order valence-electron chi connectivity index (χ3n) is 1.61. The Morgan fingerprint density at radius 1 is 1.50 bits per heavy atom. The third-order valence-corrected chi connectivity index (χ3v) is 1.61. The fraction of sp³-hybridized carbons (Fsp3) is 0.222. The first-order valence-electron chi connectivity index (χ1n) is 3.92. The van der Waals surface area contributed by atoms with Crippen molar-refractivity contribution in [2.75, 3.05) is 7.11 Å². The second-order valence-electron chi connectivity index (χ2n) is 2.61. The number of carbonyl (C=O) groups excluding carboxylic acids is 2. The molecule has 5 heteroatoms. The molecule has 0 aliphatic rings. The molecule has 1 aromatic heterocycles. The number of nitrogens with one attached hydrogen (secondary N) is 1. The summed E-state index contributed by atoms with van der Waals surface area (Å²) in [5, 5.41) is 0. The smallest absolute Gasteiger partial charge is 0.313 e. The van der Waals surface area contributed by atoms with E-state index in [1.807, 2.05) is 0 Å². The second kappa shape index (κ2) is 4.36. The minimum absolute atomic E-state index is 0.114. The fourth-order valence-corrected chi connectivity index (χ4v) is 0.905. The first kappa shape index (κ1) is 10.2. The summed E-state index contributed by atoms with van der Waals surface area (Å²) >= 11 is 0. The molecule has 0 fully saturated rings. The van der Waals surface area contributed by atoms with Gasteiger partial charge in [-0.1, -0.05) is 0 Å². The van der Waals surface area contributed by atoms with Gasteiger partial charge < -0.3 is 9.72 Å². The van der Waals surface area contributed by atoms with Gasteiger partial charge in [0.2, 0.25) is 0 Å². The van der Waals surface area contributed by atoms with Crippen LogP contribution in [0.4, 0.5) is 0 Å². The Kier molecular flexibility index (Phi) is 3.17. The Labute approximate surface area is 79.7 Å². The third kappa shape index (κ3) is 2.55. The molecule has 1 heterocycles. The molecular weight excluding hydrogens is 186 g/mol. The van der Waals surface area contributed by atoms with Crippen LogP contribution in [0.3, 0.4) is 0 Å². The Balaban J connectivity index is 2.80. The number of aromatic nitrogens is 1. The topological polar surface area (TPSA) is 76.2 Å². The number of esters is 1. The summed E-state index contributed by atoms with van der Waals surface area (Å²) in [5.74, 6) is -1.09. The SMILES string of the molecule is COC(=O)CC(=O)c1cc(=O)cc[nH]1. The van der Waals surface area contributed by atoms with Crippen LogP contribution in [0.15, 0.2) is 23.1 Å². The van der Waals surface area contributed by atoms with E-state index in [-0.39, 0.29) is 17.5 Å². The van der Waals surface area contributed by atoms with Gasteiger partial charge in [0, 0.05) is 18.3 Å². The minimum Gasteiger partial charge on any atom is -0.469 e. The van der Waals surface area contributed by atoms with Crippen molar-refractivity contribution in [3.05, 3.63) is 34.2 Å². The number of Topliss-reactive ketones (excluding diaryl/α,β-unsaturated/α-hetero) is 1. The summed E-state index contributed by atoms with van der Waals surface area (Å²) in [6, 6.07) is 2.43. The molecule has 0 unspecified atom stereocenters. The van der Waals surface area contributed by atoms with Crippen LogP contribution in [0.2, 0.25) is 0 Å². The monoisotopic (exact) mass is 195 g/mol. The zero-order valence-electron chi connectivity index (χ0n) is 7.57. The molecule has 0 aliphatic heterocycles. The number of methoxy groups -OCH3 is 1. The first-order chi connectivity index (χ1) is 6.63. The van der Waals surface area contributed by atoms with E-state index in [0.29, 0.717) is 0 Å². The van der Waals surface area contributed by atoms with E-state index >= 15 is 0 Å². The Morgan fingerprint density at radius 2 is 2.21 bits per heavy atom. The Hall–Kier alpha value is -1.91. The van der Waals surface area contributed by atoms with E-state index < -0.39 is 11.8 Å². The predicted octanol–water partition coefficient (Wildman–Crippen LogP) is 0.121. The Bertz CT molecular complexity index is 407. The molecule has 1 rings (SSSR count). The van der Waals surface area contributed by atoms with Crippen LogP contribution in [-0.4, -0.2) is 23.8 Å². The number of rotatable bonds is 3. The highest BCUT2D eigenvalue weighted by Gasteiger charge is 2.12. The molecule has 14 heavy (non-hydrogen) atoms. The summed E-state index contributed by atoms with van der Waals surface area (Å²) in [6.07, 6.45) is 0.989. The molecule has 0 saturated heterocycles. The van der Waals surface area contributed by atoms with Gasteiger partial charge in [-0.25, -0.2) is 0 Å². The van der Waals surface area contributed by atoms with Crippen molar-refractivity contribution >= 4 is 11.8 Å². The predicted molar refractivity (Wildman–Crippen MR) is 48.0 cm³/mol. The molecule has 0 atom stereocenters. The Morgan fingerprint density at radius 3 is 2.79 bits per heavy atom. The molecule has 0 radical (unpaired) electrons. The molecule has 5 nitrogen and oxygen atoms in total. The molecule has 1 aromatic rings. The maximum atomic E-state index is 11.3. The highest BCUT2D eigenvalue weighted by atomic mass is 16.5. The van der Waals surface area contributed by atoms with Crippen molar-refractivity contribution in [3.63, 3.8) is 0 Å². The second-order valence-corrected chi connectivity index (χ2v) is 2.61. The van der Waals surface area contributed by atoms with Crippen molar-refractivity contribution in [2.45, 2.75) is 6.42 Å². The lowest BCUT2D eigenvalue weighted by atomic mass is 10.2. The summed E-state index contributed by atoms with van der Waals surface area (Å²) in [6.45, 7) is 0. The maximum absolute atomic E-state index is 11.3. The van der Waals surface area contributed by atoms with Crippen LogP contribution >= 0.6 is 0 Å². The molecule has 0 aliphatic carbocycles. The fourth-order valence-electron chi connectivity index (χ4n) is 0.905. The van der Waals surface area contributed by atoms with E-state index in [1.54, 1.807) is 0 Å². The molecule has 0 bridgehead atoms. The van der Waals surface area contributed by atoms with Crippen LogP contribution in [0.5, 0.6) is 0 Å². The van der Waals surface area contributed by atoms with E-state index in [9.17, 15) is 14.4 Å². The highest BCUT2D eigenvalue weighted by molar-refractivity contribution is 6.04.